The van der Waals surface area contributed by atoms with E-state index in [2.05, 4.69) is 10.6 Å². The fraction of sp³-hybridized carbons (Fsp3) is 0.118. The zero-order chi connectivity index (χ0) is 18.5. The van der Waals surface area contributed by atoms with E-state index in [-0.39, 0.29) is 12.4 Å². The van der Waals surface area contributed by atoms with Gasteiger partial charge in [0, 0.05) is 17.4 Å². The number of rotatable bonds is 5. The molecule has 3 rings (SSSR count). The molecule has 1 aliphatic rings. The highest BCUT2D eigenvalue weighted by atomic mass is 16.7. The number of nitrogens with one attached hydrogen (secondary N) is 2. The van der Waals surface area contributed by atoms with Gasteiger partial charge in [0.2, 0.25) is 6.79 Å². The summed E-state index contributed by atoms with van der Waals surface area (Å²) in [4.78, 5) is 34.6. The van der Waals surface area contributed by atoms with Crippen LogP contribution in [0.25, 0.3) is 0 Å². The minimum absolute atomic E-state index is 0.137. The molecule has 4 N–H and O–H groups in total. The molecule has 0 bridgehead atoms. The molecular formula is C17H15N3O6. The Balaban J connectivity index is 1.50. The van der Waals surface area contributed by atoms with Crippen molar-refractivity contribution in [1.82, 2.24) is 0 Å². The van der Waals surface area contributed by atoms with Gasteiger partial charge in [-0.25, -0.2) is 9.59 Å². The number of hydrogen-bond donors (Lipinski definition) is 3. The Morgan fingerprint density at radius 1 is 0.962 bits per heavy atom. The van der Waals surface area contributed by atoms with Crippen LogP contribution in [-0.2, 0) is 9.53 Å². The van der Waals surface area contributed by atoms with Gasteiger partial charge in [-0.1, -0.05) is 0 Å². The van der Waals surface area contributed by atoms with Crippen LogP contribution in [0.3, 0.4) is 0 Å². The first-order valence-electron chi connectivity index (χ1n) is 7.54. The van der Waals surface area contributed by atoms with Gasteiger partial charge >= 0.3 is 12.0 Å². The number of ether oxygens (including phenoxy) is 3. The molecule has 0 spiro atoms. The van der Waals surface area contributed by atoms with Crippen molar-refractivity contribution in [3.05, 3.63) is 48.0 Å². The van der Waals surface area contributed by atoms with E-state index in [0.717, 1.165) is 0 Å². The average Bonchev–Trinajstić information content (AvgIpc) is 3.07. The van der Waals surface area contributed by atoms with Crippen molar-refractivity contribution >= 4 is 29.3 Å². The van der Waals surface area contributed by atoms with Crippen LogP contribution in [0.15, 0.2) is 42.5 Å². The number of hydrogen-bond acceptors (Lipinski definition) is 6. The second kappa shape index (κ2) is 7.43. The van der Waals surface area contributed by atoms with E-state index in [1.165, 1.54) is 24.3 Å². The molecule has 0 aromatic heterocycles. The number of benzene rings is 2. The Morgan fingerprint density at radius 3 is 2.38 bits per heavy atom. The van der Waals surface area contributed by atoms with E-state index in [1.807, 2.05) is 0 Å². The Labute approximate surface area is 148 Å². The highest BCUT2D eigenvalue weighted by molar-refractivity contribution is 5.96. The third-order valence-corrected chi connectivity index (χ3v) is 3.38. The molecule has 134 valence electrons. The average molecular weight is 357 g/mol. The van der Waals surface area contributed by atoms with Crippen LogP contribution in [0.2, 0.25) is 0 Å². The van der Waals surface area contributed by atoms with Crippen molar-refractivity contribution in [3.8, 4) is 11.5 Å². The number of esters is 1. The normalized spacial score (nSPS) is 11.5. The van der Waals surface area contributed by atoms with E-state index in [1.54, 1.807) is 18.2 Å². The summed E-state index contributed by atoms with van der Waals surface area (Å²) < 4.78 is 15.4. The maximum atomic E-state index is 11.9. The molecule has 0 atom stereocenters. The second-order valence-electron chi connectivity index (χ2n) is 5.26. The summed E-state index contributed by atoms with van der Waals surface area (Å²) in [5, 5.41) is 4.97. The molecule has 3 amide bonds. The highest BCUT2D eigenvalue weighted by Gasteiger charge is 2.15. The maximum Gasteiger partial charge on any atom is 0.338 e. The fourth-order valence-corrected chi connectivity index (χ4v) is 2.22. The Morgan fingerprint density at radius 2 is 1.65 bits per heavy atom. The molecule has 1 heterocycles. The van der Waals surface area contributed by atoms with Crippen LogP contribution in [0.5, 0.6) is 11.5 Å². The number of anilines is 2. The molecule has 1 aliphatic heterocycles. The molecule has 0 aliphatic carbocycles. The van der Waals surface area contributed by atoms with Gasteiger partial charge in [0.1, 0.15) is 0 Å². The molecule has 0 fully saturated rings. The van der Waals surface area contributed by atoms with Gasteiger partial charge in [-0.3, -0.25) is 4.79 Å². The first-order chi connectivity index (χ1) is 12.5. The molecule has 2 aromatic carbocycles. The number of amides is 3. The molecule has 9 nitrogen and oxygen atoms in total. The number of carbonyl (C=O) groups excluding carboxylic acids is 3. The van der Waals surface area contributed by atoms with Gasteiger partial charge in [0.15, 0.2) is 18.1 Å². The number of urea groups is 1. The topological polar surface area (TPSA) is 129 Å². The quantitative estimate of drug-likeness (QED) is 0.699. The maximum absolute atomic E-state index is 11.9. The van der Waals surface area contributed by atoms with Crippen LogP contribution in [0.4, 0.5) is 16.2 Å². The summed E-state index contributed by atoms with van der Waals surface area (Å²) in [7, 11) is 0. The van der Waals surface area contributed by atoms with Crippen LogP contribution in [0, 0.1) is 0 Å². The number of fused-ring (bicyclic) bond motifs is 1. The molecule has 0 unspecified atom stereocenters. The molecule has 2 aromatic rings. The third kappa shape index (κ3) is 4.20. The fourth-order valence-electron chi connectivity index (χ4n) is 2.22. The minimum Gasteiger partial charge on any atom is -0.454 e. The van der Waals surface area contributed by atoms with E-state index >= 15 is 0 Å². The lowest BCUT2D eigenvalue weighted by molar-refractivity contribution is -0.119. The van der Waals surface area contributed by atoms with E-state index in [0.29, 0.717) is 22.9 Å². The van der Waals surface area contributed by atoms with Gasteiger partial charge in [-0.05, 0) is 36.4 Å². The summed E-state index contributed by atoms with van der Waals surface area (Å²) in [5.41, 5.74) is 6.16. The van der Waals surface area contributed by atoms with Gasteiger partial charge in [0.25, 0.3) is 5.91 Å². The summed E-state index contributed by atoms with van der Waals surface area (Å²) in [5.74, 6) is -0.0335. The van der Waals surface area contributed by atoms with Crippen LogP contribution < -0.4 is 25.8 Å². The zero-order valence-electron chi connectivity index (χ0n) is 13.5. The summed E-state index contributed by atoms with van der Waals surface area (Å²) in [6.07, 6.45) is 0. The van der Waals surface area contributed by atoms with Gasteiger partial charge in [-0.15, -0.1) is 0 Å². The lowest BCUT2D eigenvalue weighted by Gasteiger charge is -2.08. The highest BCUT2D eigenvalue weighted by Crippen LogP contribution is 2.34. The van der Waals surface area contributed by atoms with Crippen LogP contribution in [-0.4, -0.2) is 31.3 Å². The molecular weight excluding hydrogens is 342 g/mol. The lowest BCUT2D eigenvalue weighted by atomic mass is 10.2. The van der Waals surface area contributed by atoms with Gasteiger partial charge < -0.3 is 30.6 Å². The molecule has 9 heteroatoms. The zero-order valence-corrected chi connectivity index (χ0v) is 13.5. The van der Waals surface area contributed by atoms with Crippen molar-refractivity contribution in [1.29, 1.82) is 0 Å². The van der Waals surface area contributed by atoms with Crippen molar-refractivity contribution in [3.63, 3.8) is 0 Å². The molecule has 0 saturated carbocycles. The monoisotopic (exact) mass is 357 g/mol. The van der Waals surface area contributed by atoms with Gasteiger partial charge in [0.05, 0.1) is 5.56 Å². The summed E-state index contributed by atoms with van der Waals surface area (Å²) in [6, 6.07) is 10.1. The van der Waals surface area contributed by atoms with Crippen LogP contribution in [0.1, 0.15) is 10.4 Å². The lowest BCUT2D eigenvalue weighted by Crippen LogP contribution is -2.21. The first-order valence-corrected chi connectivity index (χ1v) is 7.54. The van der Waals surface area contributed by atoms with E-state index < -0.39 is 24.5 Å². The Kier molecular flexibility index (Phi) is 4.88. The Hall–Kier alpha value is -3.75. The minimum atomic E-state index is -0.708. The summed E-state index contributed by atoms with van der Waals surface area (Å²) in [6.45, 7) is -0.313. The van der Waals surface area contributed by atoms with Gasteiger partial charge in [-0.2, -0.15) is 0 Å². The van der Waals surface area contributed by atoms with Crippen molar-refractivity contribution < 1.29 is 28.6 Å². The predicted octanol–water partition coefficient (Wildman–Crippen LogP) is 1.70. The Bertz CT molecular complexity index is 850. The number of nitrogens with two attached hydrogens (primary N) is 1. The third-order valence-electron chi connectivity index (χ3n) is 3.38. The largest absolute Gasteiger partial charge is 0.454 e. The van der Waals surface area contributed by atoms with Crippen molar-refractivity contribution in [2.24, 2.45) is 5.73 Å². The van der Waals surface area contributed by atoms with Crippen LogP contribution >= 0.6 is 0 Å². The van der Waals surface area contributed by atoms with Crippen molar-refractivity contribution in [2.75, 3.05) is 24.0 Å². The number of primary amides is 1. The second-order valence-corrected chi connectivity index (χ2v) is 5.26. The van der Waals surface area contributed by atoms with E-state index in [4.69, 9.17) is 19.9 Å². The molecule has 0 radical (unpaired) electrons. The summed E-state index contributed by atoms with van der Waals surface area (Å²) >= 11 is 0. The van der Waals surface area contributed by atoms with E-state index in [9.17, 15) is 14.4 Å². The first kappa shape index (κ1) is 17.1. The molecule has 26 heavy (non-hydrogen) atoms. The number of carbonyl (C=O) groups is 3. The van der Waals surface area contributed by atoms with Crippen molar-refractivity contribution in [2.45, 2.75) is 0 Å². The molecule has 0 saturated heterocycles. The SMILES string of the molecule is NC(=O)Nc1ccc(C(=O)OCC(=O)Nc2ccc3c(c2)OCO3)cc1. The standard InChI is InChI=1S/C17H15N3O6/c18-17(23)20-11-3-1-10(2-4-11)16(22)24-8-15(21)19-12-5-6-13-14(7-12)26-9-25-13/h1-7H,8-9H2,(H,19,21)(H3,18,20,23). The smallest absolute Gasteiger partial charge is 0.338 e. The predicted molar refractivity (Wildman–Crippen MR) is 91.1 cm³/mol.